The lowest BCUT2D eigenvalue weighted by molar-refractivity contribution is -0.116. The number of amides is 2. The van der Waals surface area contributed by atoms with Crippen molar-refractivity contribution in [2.75, 3.05) is 27.6 Å². The van der Waals surface area contributed by atoms with Gasteiger partial charge in [-0.3, -0.25) is 9.69 Å². The van der Waals surface area contributed by atoms with Crippen LogP contribution in [-0.2, 0) is 14.8 Å². The lowest BCUT2D eigenvalue weighted by Crippen LogP contribution is -2.53. The first-order valence-electron chi connectivity index (χ1n) is 10.1. The zero-order valence-electron chi connectivity index (χ0n) is 17.8. The first-order valence-corrected chi connectivity index (χ1v) is 11.6. The second-order valence-corrected chi connectivity index (χ2v) is 9.41. The van der Waals surface area contributed by atoms with Gasteiger partial charge in [0, 0.05) is 5.69 Å². The van der Waals surface area contributed by atoms with Crippen LogP contribution in [0.3, 0.4) is 0 Å². The molecular weight excluding hydrogens is 426 g/mol. The van der Waals surface area contributed by atoms with Crippen molar-refractivity contribution in [3.63, 3.8) is 0 Å². The van der Waals surface area contributed by atoms with E-state index in [-0.39, 0.29) is 35.1 Å². The van der Waals surface area contributed by atoms with Crippen LogP contribution in [-0.4, -0.2) is 33.3 Å². The van der Waals surface area contributed by atoms with E-state index in [1.165, 1.54) is 17.0 Å². The van der Waals surface area contributed by atoms with Crippen LogP contribution in [0.2, 0.25) is 0 Å². The minimum atomic E-state index is -4.10. The molecule has 8 heteroatoms. The van der Waals surface area contributed by atoms with E-state index in [9.17, 15) is 18.0 Å². The van der Waals surface area contributed by atoms with Crippen molar-refractivity contribution in [1.82, 2.24) is 0 Å². The number of hydrogen-bond donors (Lipinski definition) is 1. The van der Waals surface area contributed by atoms with Crippen LogP contribution < -0.4 is 14.5 Å². The number of Topliss-reactive ketones (excluding diaryl/α,β-unsaturated/α-hetero) is 1. The maximum Gasteiger partial charge on any atom is 0.343 e. The predicted octanol–water partition coefficient (Wildman–Crippen LogP) is 4.12. The molecule has 2 amide bonds. The number of carbonyl (C=O) groups excluding carboxylic acids is 2. The molecule has 1 N–H and O–H groups in total. The summed E-state index contributed by atoms with van der Waals surface area (Å²) in [5, 5.41) is 3.11. The van der Waals surface area contributed by atoms with E-state index >= 15 is 0 Å². The highest BCUT2D eigenvalue weighted by molar-refractivity contribution is 7.94. The average molecular weight is 450 g/mol. The van der Waals surface area contributed by atoms with Gasteiger partial charge in [-0.2, -0.15) is 4.31 Å². The van der Waals surface area contributed by atoms with Crippen molar-refractivity contribution >= 4 is 38.9 Å². The first kappa shape index (κ1) is 21.6. The Morgan fingerprint density at radius 2 is 1.62 bits per heavy atom. The van der Waals surface area contributed by atoms with Crippen molar-refractivity contribution in [2.45, 2.75) is 18.7 Å². The molecule has 0 aliphatic carbocycles. The van der Waals surface area contributed by atoms with E-state index in [4.69, 9.17) is 0 Å². The number of hydrogen-bond acceptors (Lipinski definition) is 5. The van der Waals surface area contributed by atoms with Gasteiger partial charge in [0.25, 0.3) is 10.0 Å². The molecule has 4 rings (SSSR count). The highest BCUT2D eigenvalue weighted by atomic mass is 32.2. The molecule has 3 aromatic rings. The molecule has 0 radical (unpaired) electrons. The van der Waals surface area contributed by atoms with Crippen LogP contribution in [0.25, 0.3) is 0 Å². The number of anilines is 3. The minimum Gasteiger partial charge on any atom is -0.378 e. The molecule has 1 aliphatic rings. The van der Waals surface area contributed by atoms with Crippen molar-refractivity contribution in [3.05, 3.63) is 83.9 Å². The number of nitrogens with zero attached hydrogens (tertiary/aromatic N) is 2. The lowest BCUT2D eigenvalue weighted by Gasteiger charge is -2.35. The number of rotatable bonds is 6. The summed E-state index contributed by atoms with van der Waals surface area (Å²) in [5.74, 6) is -0.250. The maximum absolute atomic E-state index is 13.3. The van der Waals surface area contributed by atoms with E-state index < -0.39 is 16.1 Å². The number of fused-ring (bicyclic) bond motifs is 1. The van der Waals surface area contributed by atoms with Crippen molar-refractivity contribution in [1.29, 1.82) is 0 Å². The number of para-hydroxylation sites is 2. The number of nitrogens with one attached hydrogen (secondary N) is 1. The third-order valence-corrected chi connectivity index (χ3v) is 7.01. The summed E-state index contributed by atoms with van der Waals surface area (Å²) in [6.07, 6.45) is 0. The van der Waals surface area contributed by atoms with Gasteiger partial charge in [0.05, 0.1) is 24.5 Å². The summed E-state index contributed by atoms with van der Waals surface area (Å²) in [6, 6.07) is 19.4. The Morgan fingerprint density at radius 3 is 2.34 bits per heavy atom. The average Bonchev–Trinajstić information content (AvgIpc) is 2.77. The third kappa shape index (κ3) is 3.97. The Morgan fingerprint density at radius 1 is 0.938 bits per heavy atom. The molecule has 0 bridgehead atoms. The maximum atomic E-state index is 13.3. The van der Waals surface area contributed by atoms with E-state index in [0.29, 0.717) is 0 Å². The number of ketones is 1. The molecule has 0 aromatic heterocycles. The topological polar surface area (TPSA) is 86.8 Å². The molecule has 0 saturated carbocycles. The van der Waals surface area contributed by atoms with Crippen LogP contribution in [0.5, 0.6) is 0 Å². The molecule has 0 saturated heterocycles. The summed E-state index contributed by atoms with van der Waals surface area (Å²) in [4.78, 5) is 27.3. The number of sulfonamides is 1. The number of urea groups is 1. The van der Waals surface area contributed by atoms with Gasteiger partial charge in [-0.25, -0.2) is 13.2 Å². The van der Waals surface area contributed by atoms with E-state index in [0.717, 1.165) is 21.1 Å². The summed E-state index contributed by atoms with van der Waals surface area (Å²) < 4.78 is 27.2. The molecular formula is C24H23N3O4S. The Balaban J connectivity index is 1.62. The first-order chi connectivity index (χ1) is 15.3. The molecule has 0 spiro atoms. The summed E-state index contributed by atoms with van der Waals surface area (Å²) in [6.45, 7) is 3.70. The Hall–Kier alpha value is -3.65. The van der Waals surface area contributed by atoms with Gasteiger partial charge in [0.15, 0.2) is 5.78 Å². The van der Waals surface area contributed by atoms with Gasteiger partial charge in [-0.05, 0) is 49.7 Å². The van der Waals surface area contributed by atoms with Gasteiger partial charge >= 0.3 is 6.03 Å². The highest BCUT2D eigenvalue weighted by Crippen LogP contribution is 2.36. The van der Waals surface area contributed by atoms with Crippen molar-refractivity contribution < 1.29 is 18.0 Å². The zero-order chi connectivity index (χ0) is 22.9. The normalized spacial score (nSPS) is 14.8. The molecule has 1 aliphatic heterocycles. The number of benzene rings is 3. The van der Waals surface area contributed by atoms with Gasteiger partial charge in [-0.15, -0.1) is 0 Å². The molecule has 3 aromatic carbocycles. The zero-order valence-corrected chi connectivity index (χ0v) is 18.6. The monoisotopic (exact) mass is 449 g/mol. The van der Waals surface area contributed by atoms with Crippen LogP contribution in [0.15, 0.2) is 77.7 Å². The number of carbonyl (C=O) groups is 2. The second-order valence-electron chi connectivity index (χ2n) is 7.65. The molecule has 0 fully saturated rings. The standard InChI is InChI=1S/C24H23N3O4S/c1-17-12-13-21(18(2)14-17)25-15-20(28)16-26-22-10-6-7-11-23(22)32(30,31)27(24(26)29)19-8-4-3-5-9-19/h3-14,25H,15-16H2,1-2H3. The SMILES string of the molecule is Cc1ccc(NCC(=O)CN2C(=O)N(c3ccccc3)S(=O)(=O)c3ccccc32)c(C)c1. The lowest BCUT2D eigenvalue weighted by atomic mass is 10.1. The van der Waals surface area contributed by atoms with Gasteiger partial charge in [0.1, 0.15) is 4.90 Å². The molecule has 32 heavy (non-hydrogen) atoms. The fourth-order valence-corrected chi connectivity index (χ4v) is 5.31. The highest BCUT2D eigenvalue weighted by Gasteiger charge is 2.42. The van der Waals surface area contributed by atoms with Gasteiger partial charge in [-0.1, -0.05) is 48.0 Å². The van der Waals surface area contributed by atoms with Crippen LogP contribution in [0.1, 0.15) is 11.1 Å². The van der Waals surface area contributed by atoms with Crippen LogP contribution >= 0.6 is 0 Å². The largest absolute Gasteiger partial charge is 0.378 e. The molecule has 1 heterocycles. The van der Waals surface area contributed by atoms with E-state index in [1.807, 2.05) is 32.0 Å². The van der Waals surface area contributed by atoms with Gasteiger partial charge in [0.2, 0.25) is 0 Å². The van der Waals surface area contributed by atoms with Crippen LogP contribution in [0, 0.1) is 13.8 Å². The Bertz CT molecular complexity index is 1290. The van der Waals surface area contributed by atoms with Crippen molar-refractivity contribution in [2.24, 2.45) is 0 Å². The molecule has 0 unspecified atom stereocenters. The Kier molecular flexibility index (Phi) is 5.71. The Labute approximate surface area is 187 Å². The summed E-state index contributed by atoms with van der Waals surface area (Å²) in [5.41, 5.74) is 3.39. The van der Waals surface area contributed by atoms with E-state index in [1.54, 1.807) is 42.5 Å². The number of aryl methyl sites for hydroxylation is 2. The van der Waals surface area contributed by atoms with Gasteiger partial charge < -0.3 is 5.32 Å². The summed E-state index contributed by atoms with van der Waals surface area (Å²) >= 11 is 0. The minimum absolute atomic E-state index is 0.00787. The third-order valence-electron chi connectivity index (χ3n) is 5.26. The molecule has 7 nitrogen and oxygen atoms in total. The summed E-state index contributed by atoms with van der Waals surface area (Å²) in [7, 11) is -4.10. The fraction of sp³-hybridized carbons (Fsp3) is 0.167. The predicted molar refractivity (Wildman–Crippen MR) is 125 cm³/mol. The quantitative estimate of drug-likeness (QED) is 0.612. The molecule has 0 atom stereocenters. The van der Waals surface area contributed by atoms with Crippen molar-refractivity contribution in [3.8, 4) is 0 Å². The second kappa shape index (κ2) is 8.47. The fourth-order valence-electron chi connectivity index (χ4n) is 3.72. The molecule has 164 valence electrons. The van der Waals surface area contributed by atoms with Crippen LogP contribution in [0.4, 0.5) is 21.9 Å². The smallest absolute Gasteiger partial charge is 0.343 e. The van der Waals surface area contributed by atoms with E-state index in [2.05, 4.69) is 5.32 Å².